The number of aromatic nitrogens is 1. The van der Waals surface area contributed by atoms with E-state index in [1.54, 1.807) is 6.20 Å². The third kappa shape index (κ3) is 2.38. The van der Waals surface area contributed by atoms with Crippen LogP contribution in [-0.4, -0.2) is 4.98 Å². The van der Waals surface area contributed by atoms with Crippen molar-refractivity contribution in [3.63, 3.8) is 0 Å². The van der Waals surface area contributed by atoms with E-state index in [1.165, 1.54) is 11.3 Å². The number of rotatable bonds is 2. The Morgan fingerprint density at radius 2 is 2.08 bits per heavy atom. The maximum absolute atomic E-state index is 4.01. The van der Waals surface area contributed by atoms with E-state index in [1.807, 2.05) is 18.3 Å². The van der Waals surface area contributed by atoms with E-state index >= 15 is 0 Å². The molecule has 0 bridgehead atoms. The number of hydrogen-bond acceptors (Lipinski definition) is 2. The minimum absolute atomic E-state index is 1.04. The highest BCUT2D eigenvalue weighted by atomic mass is 14.9. The average Bonchev–Trinajstić information content (AvgIpc) is 2.06. The summed E-state index contributed by atoms with van der Waals surface area (Å²) in [6, 6.07) is 3.92. The van der Waals surface area contributed by atoms with Crippen LogP contribution >= 0.6 is 0 Å². The molecule has 0 spiro atoms. The molecule has 0 saturated heterocycles. The molecular formula is C10H14N2. The van der Waals surface area contributed by atoms with E-state index in [2.05, 4.69) is 31.1 Å². The summed E-state index contributed by atoms with van der Waals surface area (Å²) < 4.78 is 0. The molecule has 0 radical (unpaired) electrons. The molecule has 0 aromatic carbocycles. The van der Waals surface area contributed by atoms with Crippen molar-refractivity contribution in [2.45, 2.75) is 20.8 Å². The molecule has 0 aliphatic carbocycles. The standard InChI is InChI=1S/C10H14N2/c1-8(2)9(3)12-10-5-4-6-11-7-10/h4-7,12H,1-3H3. The van der Waals surface area contributed by atoms with Crippen molar-refractivity contribution in [2.75, 3.05) is 5.32 Å². The Bertz CT molecular complexity index is 271. The van der Waals surface area contributed by atoms with Gasteiger partial charge in [-0.1, -0.05) is 5.57 Å². The van der Waals surface area contributed by atoms with Crippen LogP contribution in [0.25, 0.3) is 0 Å². The second kappa shape index (κ2) is 3.90. The number of nitrogens with one attached hydrogen (secondary N) is 1. The molecule has 1 aromatic rings. The summed E-state index contributed by atoms with van der Waals surface area (Å²) in [5.41, 5.74) is 3.51. The van der Waals surface area contributed by atoms with E-state index in [9.17, 15) is 0 Å². The molecule has 1 rings (SSSR count). The van der Waals surface area contributed by atoms with E-state index < -0.39 is 0 Å². The fourth-order valence-corrected chi connectivity index (χ4v) is 0.778. The molecule has 12 heavy (non-hydrogen) atoms. The molecule has 2 nitrogen and oxygen atoms in total. The molecule has 2 heteroatoms. The van der Waals surface area contributed by atoms with Crippen LogP contribution in [0.4, 0.5) is 5.69 Å². The minimum atomic E-state index is 1.04. The molecule has 0 saturated carbocycles. The van der Waals surface area contributed by atoms with Gasteiger partial charge >= 0.3 is 0 Å². The van der Waals surface area contributed by atoms with Gasteiger partial charge in [-0.05, 0) is 32.9 Å². The fraction of sp³-hybridized carbons (Fsp3) is 0.300. The van der Waals surface area contributed by atoms with Crippen LogP contribution in [0.5, 0.6) is 0 Å². The van der Waals surface area contributed by atoms with Gasteiger partial charge in [-0.3, -0.25) is 4.98 Å². The smallest absolute Gasteiger partial charge is 0.0568 e. The monoisotopic (exact) mass is 162 g/mol. The average molecular weight is 162 g/mol. The number of pyridine rings is 1. The van der Waals surface area contributed by atoms with Crippen molar-refractivity contribution in [1.82, 2.24) is 4.98 Å². The summed E-state index contributed by atoms with van der Waals surface area (Å²) >= 11 is 0. The highest BCUT2D eigenvalue weighted by Gasteiger charge is 1.92. The van der Waals surface area contributed by atoms with Crippen molar-refractivity contribution < 1.29 is 0 Å². The highest BCUT2D eigenvalue weighted by molar-refractivity contribution is 5.45. The zero-order valence-electron chi connectivity index (χ0n) is 7.76. The van der Waals surface area contributed by atoms with Gasteiger partial charge < -0.3 is 5.32 Å². The quantitative estimate of drug-likeness (QED) is 0.723. The van der Waals surface area contributed by atoms with Crippen LogP contribution in [0.1, 0.15) is 20.8 Å². The Morgan fingerprint density at radius 1 is 1.33 bits per heavy atom. The topological polar surface area (TPSA) is 24.9 Å². The summed E-state index contributed by atoms with van der Waals surface area (Å²) in [5, 5.41) is 3.26. The number of anilines is 1. The van der Waals surface area contributed by atoms with Crippen molar-refractivity contribution >= 4 is 5.69 Å². The summed E-state index contributed by atoms with van der Waals surface area (Å²) in [7, 11) is 0. The Balaban J connectivity index is 2.72. The molecule has 64 valence electrons. The Labute approximate surface area is 73.3 Å². The summed E-state index contributed by atoms with van der Waals surface area (Å²) in [6.45, 7) is 6.22. The molecule has 0 unspecified atom stereocenters. The van der Waals surface area contributed by atoms with Gasteiger partial charge in [-0.2, -0.15) is 0 Å². The van der Waals surface area contributed by atoms with Gasteiger partial charge in [-0.25, -0.2) is 0 Å². The molecule has 1 heterocycles. The molecule has 0 fully saturated rings. The highest BCUT2D eigenvalue weighted by Crippen LogP contribution is 2.09. The first-order valence-electron chi connectivity index (χ1n) is 4.01. The molecule has 1 aromatic heterocycles. The van der Waals surface area contributed by atoms with Crippen LogP contribution in [0, 0.1) is 0 Å². The van der Waals surface area contributed by atoms with Crippen LogP contribution in [-0.2, 0) is 0 Å². The third-order valence-electron chi connectivity index (χ3n) is 1.74. The summed E-state index contributed by atoms with van der Waals surface area (Å²) in [6.07, 6.45) is 3.58. The fourth-order valence-electron chi connectivity index (χ4n) is 0.778. The van der Waals surface area contributed by atoms with Gasteiger partial charge in [0, 0.05) is 11.9 Å². The van der Waals surface area contributed by atoms with Gasteiger partial charge in [0.15, 0.2) is 0 Å². The maximum Gasteiger partial charge on any atom is 0.0568 e. The third-order valence-corrected chi connectivity index (χ3v) is 1.74. The van der Waals surface area contributed by atoms with E-state index in [4.69, 9.17) is 0 Å². The van der Waals surface area contributed by atoms with Gasteiger partial charge in [0.2, 0.25) is 0 Å². The Hall–Kier alpha value is -1.31. The van der Waals surface area contributed by atoms with E-state index in [0.29, 0.717) is 0 Å². The first kappa shape index (κ1) is 8.78. The second-order valence-electron chi connectivity index (χ2n) is 2.99. The first-order chi connectivity index (χ1) is 5.70. The Morgan fingerprint density at radius 3 is 2.58 bits per heavy atom. The number of nitrogens with zero attached hydrogens (tertiary/aromatic N) is 1. The lowest BCUT2D eigenvalue weighted by Crippen LogP contribution is -1.97. The van der Waals surface area contributed by atoms with Crippen molar-refractivity contribution in [2.24, 2.45) is 0 Å². The number of hydrogen-bond donors (Lipinski definition) is 1. The van der Waals surface area contributed by atoms with Gasteiger partial charge in [0.25, 0.3) is 0 Å². The molecule has 0 aliphatic rings. The second-order valence-corrected chi connectivity index (χ2v) is 2.99. The van der Waals surface area contributed by atoms with Gasteiger partial charge in [0.05, 0.1) is 11.9 Å². The normalized spacial score (nSPS) is 9.25. The predicted octanol–water partition coefficient (Wildman–Crippen LogP) is 2.81. The van der Waals surface area contributed by atoms with E-state index in [0.717, 1.165) is 5.69 Å². The van der Waals surface area contributed by atoms with E-state index in [-0.39, 0.29) is 0 Å². The molecule has 0 aliphatic heterocycles. The first-order valence-corrected chi connectivity index (χ1v) is 4.01. The van der Waals surface area contributed by atoms with Gasteiger partial charge in [-0.15, -0.1) is 0 Å². The van der Waals surface area contributed by atoms with Crippen LogP contribution in [0.2, 0.25) is 0 Å². The van der Waals surface area contributed by atoms with Crippen molar-refractivity contribution in [3.8, 4) is 0 Å². The lowest BCUT2D eigenvalue weighted by atomic mass is 10.2. The Kier molecular flexibility index (Phi) is 2.86. The van der Waals surface area contributed by atoms with Crippen molar-refractivity contribution in [3.05, 3.63) is 35.8 Å². The number of allylic oxidation sites excluding steroid dienone is 2. The molecule has 0 atom stereocenters. The minimum Gasteiger partial charge on any atom is -0.358 e. The van der Waals surface area contributed by atoms with Gasteiger partial charge in [0.1, 0.15) is 0 Å². The molecular weight excluding hydrogens is 148 g/mol. The maximum atomic E-state index is 4.01. The van der Waals surface area contributed by atoms with Crippen LogP contribution < -0.4 is 5.32 Å². The summed E-state index contributed by atoms with van der Waals surface area (Å²) in [5.74, 6) is 0. The van der Waals surface area contributed by atoms with Crippen LogP contribution in [0.15, 0.2) is 35.8 Å². The summed E-state index contributed by atoms with van der Waals surface area (Å²) in [4.78, 5) is 4.01. The van der Waals surface area contributed by atoms with Crippen molar-refractivity contribution in [1.29, 1.82) is 0 Å². The molecule has 0 amide bonds. The lowest BCUT2D eigenvalue weighted by Gasteiger charge is -2.06. The lowest BCUT2D eigenvalue weighted by molar-refractivity contribution is 1.22. The molecule has 1 N–H and O–H groups in total. The zero-order valence-corrected chi connectivity index (χ0v) is 7.76. The van der Waals surface area contributed by atoms with Crippen LogP contribution in [0.3, 0.4) is 0 Å². The largest absolute Gasteiger partial charge is 0.358 e. The predicted molar refractivity (Wildman–Crippen MR) is 51.9 cm³/mol. The SMILES string of the molecule is CC(C)=C(C)Nc1cccnc1. The zero-order chi connectivity index (χ0) is 8.97.